The van der Waals surface area contributed by atoms with Gasteiger partial charge in [-0.05, 0) is 56.9 Å². The van der Waals surface area contributed by atoms with Crippen molar-refractivity contribution in [1.29, 1.82) is 0 Å². The van der Waals surface area contributed by atoms with Crippen LogP contribution in [-0.2, 0) is 6.42 Å². The molecule has 1 aromatic carbocycles. The number of carbonyl (C=O) groups excluding carboxylic acids is 1. The predicted molar refractivity (Wildman–Crippen MR) is 106 cm³/mol. The molecule has 142 valence electrons. The lowest BCUT2D eigenvalue weighted by molar-refractivity contribution is 0.0818. The van der Waals surface area contributed by atoms with Crippen LogP contribution in [-0.4, -0.2) is 22.3 Å². The van der Waals surface area contributed by atoms with Crippen LogP contribution < -0.4 is 4.74 Å². The van der Waals surface area contributed by atoms with Crippen molar-refractivity contribution in [3.63, 3.8) is 0 Å². The Bertz CT molecular complexity index is 719. The lowest BCUT2D eigenvalue weighted by atomic mass is 10.0. The Labute approximate surface area is 157 Å². The van der Waals surface area contributed by atoms with E-state index in [0.29, 0.717) is 5.75 Å². The van der Waals surface area contributed by atoms with Gasteiger partial charge in [0.2, 0.25) is 0 Å². The maximum Gasteiger partial charge on any atom is 0.284 e. The van der Waals surface area contributed by atoms with Crippen molar-refractivity contribution in [2.24, 2.45) is 0 Å². The molecule has 0 saturated carbocycles. The van der Waals surface area contributed by atoms with E-state index in [1.807, 2.05) is 45.0 Å². The highest BCUT2D eigenvalue weighted by molar-refractivity contribution is 5.80. The Hall–Kier alpha value is -2.10. The predicted octanol–water partition coefficient (Wildman–Crippen LogP) is 5.43. The Morgan fingerprint density at radius 2 is 1.81 bits per heavy atom. The third-order valence-corrected chi connectivity index (χ3v) is 4.81. The highest BCUT2D eigenvalue weighted by Crippen LogP contribution is 2.18. The highest BCUT2D eigenvalue weighted by Gasteiger charge is 2.16. The van der Waals surface area contributed by atoms with Gasteiger partial charge in [0.15, 0.2) is 6.61 Å². The number of benzene rings is 1. The number of hydrogen-bond donors (Lipinski definition) is 0. The number of aromatic nitrogens is 2. The fourth-order valence-corrected chi connectivity index (χ4v) is 3.27. The summed E-state index contributed by atoms with van der Waals surface area (Å²) in [5, 5.41) is 4.46. The molecular formula is C22H32N2O2. The SMILES string of the molecule is CCCCCCCCc1c(C)nn(C(=O)COc2cccc(C)c2)c1C. The van der Waals surface area contributed by atoms with Crippen LogP contribution in [0.1, 0.15) is 72.8 Å². The molecule has 4 heteroatoms. The first-order valence-corrected chi connectivity index (χ1v) is 9.80. The fraction of sp³-hybridized carbons (Fsp3) is 0.545. The van der Waals surface area contributed by atoms with Crippen LogP contribution in [0.5, 0.6) is 5.75 Å². The standard InChI is InChI=1S/C22H32N2O2/c1-5-6-7-8-9-10-14-21-18(3)23-24(19(21)4)22(25)16-26-20-13-11-12-17(2)15-20/h11-13,15H,5-10,14,16H2,1-4H3. The van der Waals surface area contributed by atoms with Crippen molar-refractivity contribution in [1.82, 2.24) is 9.78 Å². The van der Waals surface area contributed by atoms with E-state index in [2.05, 4.69) is 12.0 Å². The molecule has 1 aromatic heterocycles. The lowest BCUT2D eigenvalue weighted by Gasteiger charge is -2.08. The molecule has 26 heavy (non-hydrogen) atoms. The van der Waals surface area contributed by atoms with Crippen molar-refractivity contribution in [3.8, 4) is 5.75 Å². The summed E-state index contributed by atoms with van der Waals surface area (Å²) in [4.78, 5) is 12.5. The van der Waals surface area contributed by atoms with Crippen molar-refractivity contribution in [2.75, 3.05) is 6.61 Å². The molecule has 1 heterocycles. The molecule has 0 N–H and O–H groups in total. The zero-order valence-corrected chi connectivity index (χ0v) is 16.7. The second-order valence-electron chi connectivity index (χ2n) is 7.08. The first kappa shape index (κ1) is 20.2. The van der Waals surface area contributed by atoms with E-state index in [9.17, 15) is 4.79 Å². The van der Waals surface area contributed by atoms with Crippen molar-refractivity contribution < 1.29 is 9.53 Å². The number of rotatable bonds is 10. The summed E-state index contributed by atoms with van der Waals surface area (Å²) in [7, 11) is 0. The van der Waals surface area contributed by atoms with E-state index in [1.165, 1.54) is 42.3 Å². The molecule has 2 aromatic rings. The first-order chi connectivity index (χ1) is 12.5. The van der Waals surface area contributed by atoms with Gasteiger partial charge in [0.1, 0.15) is 5.75 Å². The van der Waals surface area contributed by atoms with Crippen LogP contribution >= 0.6 is 0 Å². The average molecular weight is 357 g/mol. The topological polar surface area (TPSA) is 44.1 Å². The maximum atomic E-state index is 12.5. The van der Waals surface area contributed by atoms with Crippen LogP contribution in [0.15, 0.2) is 24.3 Å². The van der Waals surface area contributed by atoms with Gasteiger partial charge >= 0.3 is 0 Å². The molecule has 0 aliphatic carbocycles. The smallest absolute Gasteiger partial charge is 0.284 e. The average Bonchev–Trinajstić information content (AvgIpc) is 2.90. The van der Waals surface area contributed by atoms with Gasteiger partial charge in [-0.2, -0.15) is 5.10 Å². The Balaban J connectivity index is 1.90. The normalized spacial score (nSPS) is 10.9. The summed E-state index contributed by atoms with van der Waals surface area (Å²) in [6.45, 7) is 8.22. The Kier molecular flexibility index (Phi) is 7.89. The van der Waals surface area contributed by atoms with E-state index < -0.39 is 0 Å². The summed E-state index contributed by atoms with van der Waals surface area (Å²) in [5.74, 6) is 0.591. The van der Waals surface area contributed by atoms with Crippen LogP contribution in [0.25, 0.3) is 0 Å². The molecule has 0 amide bonds. The third kappa shape index (κ3) is 5.72. The first-order valence-electron chi connectivity index (χ1n) is 9.80. The quantitative estimate of drug-likeness (QED) is 0.533. The summed E-state index contributed by atoms with van der Waals surface area (Å²) in [5.41, 5.74) is 4.24. The number of hydrogen-bond acceptors (Lipinski definition) is 3. The summed E-state index contributed by atoms with van der Waals surface area (Å²) < 4.78 is 7.14. The Morgan fingerprint density at radius 3 is 2.54 bits per heavy atom. The molecule has 0 fully saturated rings. The van der Waals surface area contributed by atoms with E-state index in [1.54, 1.807) is 0 Å². The maximum absolute atomic E-state index is 12.5. The van der Waals surface area contributed by atoms with E-state index in [0.717, 1.165) is 29.8 Å². The molecule has 0 radical (unpaired) electrons. The summed E-state index contributed by atoms with van der Waals surface area (Å²) in [6.07, 6.45) is 8.62. The molecule has 4 nitrogen and oxygen atoms in total. The number of aryl methyl sites for hydroxylation is 2. The minimum atomic E-state index is -0.124. The van der Waals surface area contributed by atoms with Gasteiger partial charge in [0.05, 0.1) is 5.69 Å². The molecule has 2 rings (SSSR count). The van der Waals surface area contributed by atoms with Gasteiger partial charge in [0.25, 0.3) is 5.91 Å². The third-order valence-electron chi connectivity index (χ3n) is 4.81. The van der Waals surface area contributed by atoms with Gasteiger partial charge < -0.3 is 4.74 Å². The van der Waals surface area contributed by atoms with Crippen molar-refractivity contribution in [2.45, 2.75) is 72.6 Å². The van der Waals surface area contributed by atoms with Crippen LogP contribution in [0.2, 0.25) is 0 Å². The van der Waals surface area contributed by atoms with Crippen LogP contribution in [0, 0.1) is 20.8 Å². The van der Waals surface area contributed by atoms with Crippen molar-refractivity contribution >= 4 is 5.91 Å². The molecular weight excluding hydrogens is 324 g/mol. The van der Waals surface area contributed by atoms with Gasteiger partial charge in [-0.3, -0.25) is 4.79 Å². The summed E-state index contributed by atoms with van der Waals surface area (Å²) >= 11 is 0. The molecule has 0 atom stereocenters. The zero-order chi connectivity index (χ0) is 18.9. The molecule has 0 aliphatic rings. The van der Waals surface area contributed by atoms with Crippen LogP contribution in [0.4, 0.5) is 0 Å². The van der Waals surface area contributed by atoms with Gasteiger partial charge in [-0.15, -0.1) is 0 Å². The summed E-state index contributed by atoms with van der Waals surface area (Å²) in [6, 6.07) is 7.73. The monoisotopic (exact) mass is 356 g/mol. The molecule has 0 spiro atoms. The van der Waals surface area contributed by atoms with E-state index in [-0.39, 0.29) is 12.5 Å². The zero-order valence-electron chi connectivity index (χ0n) is 16.7. The second kappa shape index (κ2) is 10.1. The van der Waals surface area contributed by atoms with Crippen LogP contribution in [0.3, 0.4) is 0 Å². The number of unbranched alkanes of at least 4 members (excludes halogenated alkanes) is 5. The van der Waals surface area contributed by atoms with Gasteiger partial charge in [-0.1, -0.05) is 51.2 Å². The van der Waals surface area contributed by atoms with Gasteiger partial charge in [0, 0.05) is 5.69 Å². The van der Waals surface area contributed by atoms with E-state index >= 15 is 0 Å². The molecule has 0 saturated heterocycles. The highest BCUT2D eigenvalue weighted by atomic mass is 16.5. The van der Waals surface area contributed by atoms with Crippen molar-refractivity contribution in [3.05, 3.63) is 46.8 Å². The number of nitrogens with zero attached hydrogens (tertiary/aromatic N) is 2. The van der Waals surface area contributed by atoms with E-state index in [4.69, 9.17) is 4.74 Å². The molecule has 0 bridgehead atoms. The molecule has 0 unspecified atom stereocenters. The fourth-order valence-electron chi connectivity index (χ4n) is 3.27. The lowest BCUT2D eigenvalue weighted by Crippen LogP contribution is -2.21. The Morgan fingerprint density at radius 1 is 1.08 bits per heavy atom. The largest absolute Gasteiger partial charge is 0.484 e. The minimum Gasteiger partial charge on any atom is -0.484 e. The minimum absolute atomic E-state index is 0.00186. The van der Waals surface area contributed by atoms with Gasteiger partial charge in [-0.25, -0.2) is 4.68 Å². The molecule has 0 aliphatic heterocycles. The second-order valence-corrected chi connectivity index (χ2v) is 7.08. The number of ether oxygens (including phenoxy) is 1. The number of carbonyl (C=O) groups is 1.